The number of likely N-dealkylation sites (tertiary alicyclic amines) is 1. The maximum absolute atomic E-state index is 6.10. The van der Waals surface area contributed by atoms with Crippen LogP contribution in [0.1, 0.15) is 19.8 Å². The van der Waals surface area contributed by atoms with E-state index in [0.717, 1.165) is 26.1 Å². The van der Waals surface area contributed by atoms with Crippen LogP contribution in [0, 0.1) is 0 Å². The number of hydrogen-bond donors (Lipinski definition) is 2. The van der Waals surface area contributed by atoms with Crippen LogP contribution in [0.15, 0.2) is 24.3 Å². The zero-order valence-corrected chi connectivity index (χ0v) is 11.0. The largest absolute Gasteiger partial charge is 0.351 e. The number of anilines is 2. The second-order valence-electron chi connectivity index (χ2n) is 5.22. The van der Waals surface area contributed by atoms with E-state index < -0.39 is 0 Å². The lowest BCUT2D eigenvalue weighted by atomic mass is 10.1. The van der Waals surface area contributed by atoms with Gasteiger partial charge in [0.2, 0.25) is 0 Å². The van der Waals surface area contributed by atoms with Crippen molar-refractivity contribution in [1.29, 1.82) is 0 Å². The van der Waals surface area contributed by atoms with Crippen LogP contribution in [0.5, 0.6) is 0 Å². The molecule has 1 aromatic carbocycles. The zero-order chi connectivity index (χ0) is 12.5. The van der Waals surface area contributed by atoms with E-state index in [9.17, 15) is 0 Å². The minimum absolute atomic E-state index is 0.277. The lowest BCUT2D eigenvalue weighted by molar-refractivity contribution is 0.164. The molecular weight excluding hydrogens is 224 g/mol. The van der Waals surface area contributed by atoms with E-state index >= 15 is 0 Å². The molecule has 0 saturated carbocycles. The van der Waals surface area contributed by atoms with Crippen LogP contribution in [0.2, 0.25) is 0 Å². The van der Waals surface area contributed by atoms with E-state index in [4.69, 9.17) is 5.73 Å². The van der Waals surface area contributed by atoms with Gasteiger partial charge in [-0.3, -0.25) is 4.90 Å². The van der Waals surface area contributed by atoms with E-state index in [-0.39, 0.29) is 6.29 Å². The summed E-state index contributed by atoms with van der Waals surface area (Å²) in [7, 11) is 0. The Balaban J connectivity index is 1.82. The first kappa shape index (κ1) is 11.8. The van der Waals surface area contributed by atoms with Gasteiger partial charge < -0.3 is 16.0 Å². The molecular formula is C14H22N4. The van der Waals surface area contributed by atoms with E-state index in [1.54, 1.807) is 0 Å². The third-order valence-corrected chi connectivity index (χ3v) is 3.97. The van der Waals surface area contributed by atoms with Gasteiger partial charge in [0.25, 0.3) is 0 Å². The fourth-order valence-corrected chi connectivity index (χ4v) is 3.09. The summed E-state index contributed by atoms with van der Waals surface area (Å²) < 4.78 is 0. The summed E-state index contributed by atoms with van der Waals surface area (Å²) in [5, 5.41) is 3.62. The Bertz CT molecular complexity index is 420. The van der Waals surface area contributed by atoms with Crippen molar-refractivity contribution >= 4 is 11.4 Å². The minimum Gasteiger partial charge on any atom is -0.351 e. The summed E-state index contributed by atoms with van der Waals surface area (Å²) in [6.45, 7) is 5.35. The molecule has 18 heavy (non-hydrogen) atoms. The average molecular weight is 246 g/mol. The SMILES string of the molecule is CCN1c2ccccc2NC1N1CCC[C@@H](N)C1. The second-order valence-corrected chi connectivity index (χ2v) is 5.22. The predicted octanol–water partition coefficient (Wildman–Crippen LogP) is 1.65. The maximum Gasteiger partial charge on any atom is 0.158 e. The highest BCUT2D eigenvalue weighted by molar-refractivity contribution is 5.75. The molecule has 0 aliphatic carbocycles. The van der Waals surface area contributed by atoms with Crippen LogP contribution in [0.25, 0.3) is 0 Å². The molecule has 0 amide bonds. The molecule has 3 rings (SSSR count). The number of benzene rings is 1. The van der Waals surface area contributed by atoms with Crippen LogP contribution in [-0.4, -0.2) is 36.9 Å². The molecule has 1 aromatic rings. The molecule has 4 nitrogen and oxygen atoms in total. The number of rotatable bonds is 2. The monoisotopic (exact) mass is 246 g/mol. The Morgan fingerprint density at radius 2 is 2.22 bits per heavy atom. The van der Waals surface area contributed by atoms with Gasteiger partial charge in [0.05, 0.1) is 11.4 Å². The maximum atomic E-state index is 6.10. The normalized spacial score (nSPS) is 28.0. The van der Waals surface area contributed by atoms with Crippen molar-refractivity contribution in [3.63, 3.8) is 0 Å². The standard InChI is InChI=1S/C14H22N4/c1-2-18-13-8-4-3-7-12(13)16-14(18)17-9-5-6-11(15)10-17/h3-4,7-8,11,14,16H,2,5-6,9-10,15H2,1H3/t11-,14?/m1/s1. The van der Waals surface area contributed by atoms with Crippen molar-refractivity contribution in [3.8, 4) is 0 Å². The van der Waals surface area contributed by atoms with Crippen molar-refractivity contribution in [2.75, 3.05) is 29.9 Å². The molecule has 2 heterocycles. The first-order chi connectivity index (χ1) is 8.79. The topological polar surface area (TPSA) is 44.5 Å². The molecule has 0 spiro atoms. The summed E-state index contributed by atoms with van der Waals surface area (Å²) in [4.78, 5) is 4.89. The van der Waals surface area contributed by atoms with Gasteiger partial charge in [0.1, 0.15) is 0 Å². The van der Waals surface area contributed by atoms with E-state index in [1.165, 1.54) is 17.8 Å². The Labute approximate surface area is 109 Å². The van der Waals surface area contributed by atoms with Gasteiger partial charge >= 0.3 is 0 Å². The lowest BCUT2D eigenvalue weighted by Gasteiger charge is -2.39. The number of fused-ring (bicyclic) bond motifs is 1. The van der Waals surface area contributed by atoms with Crippen LogP contribution in [-0.2, 0) is 0 Å². The van der Waals surface area contributed by atoms with Crippen molar-refractivity contribution in [2.24, 2.45) is 5.73 Å². The van der Waals surface area contributed by atoms with Crippen molar-refractivity contribution in [1.82, 2.24) is 4.90 Å². The molecule has 0 radical (unpaired) electrons. The van der Waals surface area contributed by atoms with Gasteiger partial charge in [-0.05, 0) is 31.9 Å². The first-order valence-corrected chi connectivity index (χ1v) is 6.91. The smallest absolute Gasteiger partial charge is 0.158 e. The number of para-hydroxylation sites is 2. The first-order valence-electron chi connectivity index (χ1n) is 6.91. The van der Waals surface area contributed by atoms with Gasteiger partial charge in [0.15, 0.2) is 6.29 Å². The van der Waals surface area contributed by atoms with Crippen LogP contribution >= 0.6 is 0 Å². The Hall–Kier alpha value is -1.26. The van der Waals surface area contributed by atoms with Gasteiger partial charge in [0, 0.05) is 25.7 Å². The van der Waals surface area contributed by atoms with Crippen LogP contribution in [0.3, 0.4) is 0 Å². The number of nitrogens with one attached hydrogen (secondary N) is 1. The van der Waals surface area contributed by atoms with Crippen molar-refractivity contribution in [3.05, 3.63) is 24.3 Å². The van der Waals surface area contributed by atoms with Crippen LogP contribution < -0.4 is 16.0 Å². The van der Waals surface area contributed by atoms with Crippen molar-refractivity contribution in [2.45, 2.75) is 32.1 Å². The van der Waals surface area contributed by atoms with E-state index in [1.807, 2.05) is 0 Å². The summed E-state index contributed by atoms with van der Waals surface area (Å²) >= 11 is 0. The molecule has 98 valence electrons. The third kappa shape index (κ3) is 1.95. The van der Waals surface area contributed by atoms with E-state index in [2.05, 4.69) is 46.3 Å². The molecule has 4 heteroatoms. The van der Waals surface area contributed by atoms with Crippen molar-refractivity contribution < 1.29 is 0 Å². The quantitative estimate of drug-likeness (QED) is 0.833. The van der Waals surface area contributed by atoms with Gasteiger partial charge in [-0.2, -0.15) is 0 Å². The number of piperidine rings is 1. The highest BCUT2D eigenvalue weighted by Crippen LogP contribution is 2.35. The average Bonchev–Trinajstić information content (AvgIpc) is 2.77. The molecule has 1 unspecified atom stereocenters. The number of nitrogens with zero attached hydrogens (tertiary/aromatic N) is 2. The molecule has 0 aromatic heterocycles. The van der Waals surface area contributed by atoms with Gasteiger partial charge in [-0.1, -0.05) is 12.1 Å². The summed E-state index contributed by atoms with van der Waals surface area (Å²) in [5.74, 6) is 0. The Morgan fingerprint density at radius 1 is 1.39 bits per heavy atom. The molecule has 0 bridgehead atoms. The molecule has 2 aliphatic rings. The molecule has 1 fully saturated rings. The Kier molecular flexibility index (Phi) is 3.14. The summed E-state index contributed by atoms with van der Waals surface area (Å²) in [5.41, 5.74) is 8.65. The molecule has 3 N–H and O–H groups in total. The number of hydrogen-bond acceptors (Lipinski definition) is 4. The molecule has 2 atom stereocenters. The predicted molar refractivity (Wildman–Crippen MR) is 75.7 cm³/mol. The number of nitrogens with two attached hydrogens (primary N) is 1. The van der Waals surface area contributed by atoms with Crippen LogP contribution in [0.4, 0.5) is 11.4 Å². The molecule has 1 saturated heterocycles. The second kappa shape index (κ2) is 4.78. The van der Waals surface area contributed by atoms with Gasteiger partial charge in [-0.15, -0.1) is 0 Å². The third-order valence-electron chi connectivity index (χ3n) is 3.97. The highest BCUT2D eigenvalue weighted by atomic mass is 15.5. The fraction of sp³-hybridized carbons (Fsp3) is 0.571. The fourth-order valence-electron chi connectivity index (χ4n) is 3.09. The zero-order valence-electron chi connectivity index (χ0n) is 11.0. The molecule has 2 aliphatic heterocycles. The highest BCUT2D eigenvalue weighted by Gasteiger charge is 2.33. The Morgan fingerprint density at radius 3 is 3.00 bits per heavy atom. The van der Waals surface area contributed by atoms with Gasteiger partial charge in [-0.25, -0.2) is 0 Å². The summed E-state index contributed by atoms with van der Waals surface area (Å²) in [6, 6.07) is 8.86. The lowest BCUT2D eigenvalue weighted by Crippen LogP contribution is -2.55. The summed E-state index contributed by atoms with van der Waals surface area (Å²) in [6.07, 6.45) is 2.63. The minimum atomic E-state index is 0.277. The van der Waals surface area contributed by atoms with E-state index in [0.29, 0.717) is 6.04 Å².